The summed E-state index contributed by atoms with van der Waals surface area (Å²) >= 11 is 1.46. The number of nitrogens with one attached hydrogen (secondary N) is 2. The van der Waals surface area contributed by atoms with Crippen LogP contribution in [0.2, 0.25) is 0 Å². The molecule has 1 rings (SSSR count). The number of hydrogen-bond acceptors (Lipinski definition) is 4. The summed E-state index contributed by atoms with van der Waals surface area (Å²) in [6.07, 6.45) is 2.60. The molecule has 1 aromatic rings. The van der Waals surface area contributed by atoms with Gasteiger partial charge in [0.1, 0.15) is 0 Å². The van der Waals surface area contributed by atoms with Crippen LogP contribution in [0.15, 0.2) is 28.0 Å². The van der Waals surface area contributed by atoms with Crippen molar-refractivity contribution in [1.82, 2.24) is 4.72 Å². The Balaban J connectivity index is 3.13. The SMILES string of the molecule is CCCNS(=O)(=O)c1ccc(SC)c(NC(=O)C(C)C)c1. The molecule has 21 heavy (non-hydrogen) atoms. The highest BCUT2D eigenvalue weighted by Crippen LogP contribution is 2.28. The number of carbonyl (C=O) groups is 1. The predicted molar refractivity (Wildman–Crippen MR) is 87.2 cm³/mol. The van der Waals surface area contributed by atoms with E-state index >= 15 is 0 Å². The molecule has 0 saturated carbocycles. The maximum atomic E-state index is 12.1. The highest BCUT2D eigenvalue weighted by Gasteiger charge is 2.17. The highest BCUT2D eigenvalue weighted by molar-refractivity contribution is 7.98. The van der Waals surface area contributed by atoms with Gasteiger partial charge in [0.15, 0.2) is 0 Å². The normalized spacial score (nSPS) is 11.7. The van der Waals surface area contributed by atoms with E-state index in [9.17, 15) is 13.2 Å². The number of anilines is 1. The average Bonchev–Trinajstić information content (AvgIpc) is 2.44. The van der Waals surface area contributed by atoms with Crippen molar-refractivity contribution in [3.8, 4) is 0 Å². The molecule has 0 radical (unpaired) electrons. The second kappa shape index (κ2) is 7.82. The molecule has 0 bridgehead atoms. The summed E-state index contributed by atoms with van der Waals surface area (Å²) in [5, 5.41) is 2.78. The molecule has 0 aliphatic heterocycles. The monoisotopic (exact) mass is 330 g/mol. The fourth-order valence-corrected chi connectivity index (χ4v) is 3.24. The number of rotatable bonds is 7. The second-order valence-electron chi connectivity index (χ2n) is 4.90. The van der Waals surface area contributed by atoms with Crippen LogP contribution in [0.25, 0.3) is 0 Å². The third kappa shape index (κ3) is 5.01. The summed E-state index contributed by atoms with van der Waals surface area (Å²) < 4.78 is 26.8. The van der Waals surface area contributed by atoms with Gasteiger partial charge in [0.25, 0.3) is 0 Å². The third-order valence-electron chi connectivity index (χ3n) is 2.81. The first-order valence-electron chi connectivity index (χ1n) is 6.80. The van der Waals surface area contributed by atoms with Crippen molar-refractivity contribution in [2.75, 3.05) is 18.1 Å². The molecule has 5 nitrogen and oxygen atoms in total. The van der Waals surface area contributed by atoms with Gasteiger partial charge in [-0.05, 0) is 30.9 Å². The molecule has 7 heteroatoms. The lowest BCUT2D eigenvalue weighted by atomic mass is 10.2. The highest BCUT2D eigenvalue weighted by atomic mass is 32.2. The summed E-state index contributed by atoms with van der Waals surface area (Å²) in [6, 6.07) is 4.76. The van der Waals surface area contributed by atoms with Crippen LogP contribution < -0.4 is 10.0 Å². The number of sulfonamides is 1. The fraction of sp³-hybridized carbons (Fsp3) is 0.500. The fourth-order valence-electron chi connectivity index (χ4n) is 1.55. The lowest BCUT2D eigenvalue weighted by molar-refractivity contribution is -0.118. The molecule has 0 spiro atoms. The lowest BCUT2D eigenvalue weighted by Crippen LogP contribution is -2.25. The van der Waals surface area contributed by atoms with Gasteiger partial charge < -0.3 is 5.32 Å². The zero-order valence-corrected chi connectivity index (χ0v) is 14.4. The van der Waals surface area contributed by atoms with Gasteiger partial charge in [-0.1, -0.05) is 20.8 Å². The van der Waals surface area contributed by atoms with E-state index in [0.29, 0.717) is 12.2 Å². The molecule has 2 N–H and O–H groups in total. The van der Waals surface area contributed by atoms with E-state index in [1.807, 2.05) is 13.2 Å². The molecule has 1 amide bonds. The van der Waals surface area contributed by atoms with Crippen molar-refractivity contribution in [2.45, 2.75) is 37.0 Å². The molecule has 0 saturated heterocycles. The van der Waals surface area contributed by atoms with Gasteiger partial charge in [-0.25, -0.2) is 13.1 Å². The minimum atomic E-state index is -3.54. The van der Waals surface area contributed by atoms with Crippen molar-refractivity contribution >= 4 is 33.4 Å². The molecule has 0 aromatic heterocycles. The summed E-state index contributed by atoms with van der Waals surface area (Å²) in [4.78, 5) is 12.8. The Labute approximate surface area is 130 Å². The maximum absolute atomic E-state index is 12.1. The van der Waals surface area contributed by atoms with Crippen molar-refractivity contribution in [2.24, 2.45) is 5.92 Å². The van der Waals surface area contributed by atoms with Crippen molar-refractivity contribution in [1.29, 1.82) is 0 Å². The topological polar surface area (TPSA) is 75.3 Å². The largest absolute Gasteiger partial charge is 0.325 e. The number of hydrogen-bond donors (Lipinski definition) is 2. The molecular weight excluding hydrogens is 308 g/mol. The van der Waals surface area contributed by atoms with Gasteiger partial charge in [0.2, 0.25) is 15.9 Å². The van der Waals surface area contributed by atoms with E-state index in [4.69, 9.17) is 0 Å². The zero-order chi connectivity index (χ0) is 16.0. The summed E-state index contributed by atoms with van der Waals surface area (Å²) in [6.45, 7) is 5.86. The van der Waals surface area contributed by atoms with Gasteiger partial charge in [0, 0.05) is 17.4 Å². The van der Waals surface area contributed by atoms with E-state index in [2.05, 4.69) is 10.0 Å². The van der Waals surface area contributed by atoms with E-state index < -0.39 is 10.0 Å². The lowest BCUT2D eigenvalue weighted by Gasteiger charge is -2.13. The van der Waals surface area contributed by atoms with Gasteiger partial charge in [0.05, 0.1) is 10.6 Å². The minimum Gasteiger partial charge on any atom is -0.325 e. The number of thioether (sulfide) groups is 1. The van der Waals surface area contributed by atoms with Crippen LogP contribution in [-0.2, 0) is 14.8 Å². The van der Waals surface area contributed by atoms with Crippen molar-refractivity contribution in [3.63, 3.8) is 0 Å². The first-order valence-corrected chi connectivity index (χ1v) is 9.51. The van der Waals surface area contributed by atoms with Crippen LogP contribution in [0.4, 0.5) is 5.69 Å². The van der Waals surface area contributed by atoms with Crippen LogP contribution in [0.3, 0.4) is 0 Å². The van der Waals surface area contributed by atoms with E-state index in [1.165, 1.54) is 17.8 Å². The van der Waals surface area contributed by atoms with E-state index in [1.54, 1.807) is 26.0 Å². The Hall–Kier alpha value is -1.05. The summed E-state index contributed by atoms with van der Waals surface area (Å²) in [5.74, 6) is -0.306. The molecule has 0 atom stereocenters. The van der Waals surface area contributed by atoms with Gasteiger partial charge in [-0.2, -0.15) is 0 Å². The Kier molecular flexibility index (Phi) is 6.70. The first-order chi connectivity index (χ1) is 9.81. The van der Waals surface area contributed by atoms with Crippen LogP contribution >= 0.6 is 11.8 Å². The van der Waals surface area contributed by atoms with Crippen molar-refractivity contribution < 1.29 is 13.2 Å². The molecule has 118 valence electrons. The Morgan fingerprint density at radius 3 is 2.52 bits per heavy atom. The van der Waals surface area contributed by atoms with Gasteiger partial charge in [-0.15, -0.1) is 11.8 Å². The molecule has 0 fully saturated rings. The smallest absolute Gasteiger partial charge is 0.240 e. The summed E-state index contributed by atoms with van der Waals surface area (Å²) in [7, 11) is -3.54. The number of benzene rings is 1. The molecule has 0 aliphatic carbocycles. The van der Waals surface area contributed by atoms with Crippen LogP contribution in [-0.4, -0.2) is 27.1 Å². The summed E-state index contributed by atoms with van der Waals surface area (Å²) in [5.41, 5.74) is 0.528. The quantitative estimate of drug-likeness (QED) is 0.754. The van der Waals surface area contributed by atoms with Crippen molar-refractivity contribution in [3.05, 3.63) is 18.2 Å². The predicted octanol–water partition coefficient (Wildman–Crippen LogP) is 2.69. The molecule has 0 heterocycles. The standard InChI is InChI=1S/C14H22N2O3S2/c1-5-8-15-21(18,19)11-6-7-13(20-4)12(9-11)16-14(17)10(2)3/h6-7,9-10,15H,5,8H2,1-4H3,(H,16,17). The third-order valence-corrected chi connectivity index (χ3v) is 5.06. The van der Waals surface area contributed by atoms with E-state index in [0.717, 1.165) is 11.3 Å². The van der Waals surface area contributed by atoms with Gasteiger partial charge in [-0.3, -0.25) is 4.79 Å². The van der Waals surface area contributed by atoms with Crippen LogP contribution in [0, 0.1) is 5.92 Å². The van der Waals surface area contributed by atoms with Crippen LogP contribution in [0.5, 0.6) is 0 Å². The molecule has 0 aliphatic rings. The first kappa shape index (κ1) is 18.0. The zero-order valence-electron chi connectivity index (χ0n) is 12.8. The Bertz CT molecular complexity index is 598. The van der Waals surface area contributed by atoms with E-state index in [-0.39, 0.29) is 16.7 Å². The maximum Gasteiger partial charge on any atom is 0.240 e. The van der Waals surface area contributed by atoms with Crippen LogP contribution in [0.1, 0.15) is 27.2 Å². The number of carbonyl (C=O) groups excluding carboxylic acids is 1. The average molecular weight is 330 g/mol. The molecule has 0 unspecified atom stereocenters. The Morgan fingerprint density at radius 1 is 1.33 bits per heavy atom. The minimum absolute atomic E-state index is 0.138. The second-order valence-corrected chi connectivity index (χ2v) is 7.52. The number of amides is 1. The Morgan fingerprint density at radius 2 is 2.00 bits per heavy atom. The molecular formula is C14H22N2O3S2. The molecule has 1 aromatic carbocycles. The van der Waals surface area contributed by atoms with Gasteiger partial charge >= 0.3 is 0 Å².